The minimum atomic E-state index is 0.247. The molecule has 39 valence electrons. The number of nitriles is 1. The van der Waals surface area contributed by atoms with Crippen LogP contribution in [0.2, 0.25) is 0 Å². The van der Waals surface area contributed by atoms with Crippen molar-refractivity contribution in [2.24, 2.45) is 0 Å². The average molecular weight is 107 g/mol. The fourth-order valence-corrected chi connectivity index (χ4v) is 0.351. The molecule has 0 fully saturated rings. The summed E-state index contributed by atoms with van der Waals surface area (Å²) >= 11 is 0. The summed E-state index contributed by atoms with van der Waals surface area (Å²) in [7, 11) is 0. The third-order valence-electron chi connectivity index (χ3n) is 0.657. The van der Waals surface area contributed by atoms with Crippen LogP contribution in [0.15, 0.2) is 6.20 Å². The molecule has 0 amide bonds. The molecule has 0 aliphatic rings. The molecular weight excluding hydrogens is 104 g/mol. The van der Waals surface area contributed by atoms with Gasteiger partial charge in [0, 0.05) is 0 Å². The quantitative estimate of drug-likeness (QED) is 0.490. The molecule has 1 aromatic heterocycles. The zero-order chi connectivity index (χ0) is 5.82. The first-order valence-electron chi connectivity index (χ1n) is 2.06. The van der Waals surface area contributed by atoms with Gasteiger partial charge in [0.15, 0.2) is 0 Å². The second-order valence-electron chi connectivity index (χ2n) is 1.20. The van der Waals surface area contributed by atoms with Gasteiger partial charge in [-0.1, -0.05) is 5.21 Å². The van der Waals surface area contributed by atoms with E-state index < -0.39 is 0 Å². The Bertz CT molecular complexity index is 182. The molecule has 0 aliphatic carbocycles. The van der Waals surface area contributed by atoms with Crippen molar-refractivity contribution in [3.63, 3.8) is 0 Å². The maximum atomic E-state index is 8.09. The Labute approximate surface area is 46.3 Å². The van der Waals surface area contributed by atoms with E-state index in [-0.39, 0.29) is 6.54 Å². The standard InChI is InChI=1S/C4H3N4/c5-1-3-8-4-2-6-7-8/h4H,3H2. The van der Waals surface area contributed by atoms with Gasteiger partial charge in [-0.25, -0.2) is 4.68 Å². The third-order valence-corrected chi connectivity index (χ3v) is 0.657. The Balaban J connectivity index is 2.67. The Morgan fingerprint density at radius 2 is 2.75 bits per heavy atom. The van der Waals surface area contributed by atoms with Gasteiger partial charge in [0.25, 0.3) is 0 Å². The fourth-order valence-electron chi connectivity index (χ4n) is 0.351. The van der Waals surface area contributed by atoms with Crippen molar-refractivity contribution in [2.45, 2.75) is 6.54 Å². The van der Waals surface area contributed by atoms with Crippen LogP contribution in [0.25, 0.3) is 0 Å². The normalized spacial score (nSPS) is 8.38. The highest BCUT2D eigenvalue weighted by molar-refractivity contribution is 4.72. The van der Waals surface area contributed by atoms with E-state index in [4.69, 9.17) is 5.26 Å². The van der Waals surface area contributed by atoms with Crippen LogP contribution < -0.4 is 0 Å². The summed E-state index contributed by atoms with van der Waals surface area (Å²) in [5, 5.41) is 15.0. The highest BCUT2D eigenvalue weighted by Crippen LogP contribution is 1.74. The van der Waals surface area contributed by atoms with Gasteiger partial charge in [0.05, 0.1) is 12.3 Å². The molecule has 0 saturated heterocycles. The molecule has 0 bridgehead atoms. The van der Waals surface area contributed by atoms with Gasteiger partial charge in [-0.05, 0) is 0 Å². The van der Waals surface area contributed by atoms with E-state index in [0.29, 0.717) is 0 Å². The average Bonchev–Trinajstić information content (AvgIpc) is 2.19. The number of hydrogen-bond donors (Lipinski definition) is 0. The number of hydrogen-bond acceptors (Lipinski definition) is 3. The summed E-state index contributed by atoms with van der Waals surface area (Å²) in [6.45, 7) is 0.247. The topological polar surface area (TPSA) is 54.5 Å². The van der Waals surface area contributed by atoms with E-state index in [1.807, 2.05) is 6.07 Å². The highest BCUT2D eigenvalue weighted by atomic mass is 15.4. The lowest BCUT2D eigenvalue weighted by molar-refractivity contribution is 0.668. The SMILES string of the molecule is N#CCn1c[c]nn1. The molecule has 1 radical (unpaired) electrons. The van der Waals surface area contributed by atoms with E-state index in [9.17, 15) is 0 Å². The smallest absolute Gasteiger partial charge is 0.135 e. The predicted molar refractivity (Wildman–Crippen MR) is 24.5 cm³/mol. The van der Waals surface area contributed by atoms with E-state index in [2.05, 4.69) is 16.5 Å². The molecule has 4 nitrogen and oxygen atoms in total. The van der Waals surface area contributed by atoms with Crippen molar-refractivity contribution in [3.05, 3.63) is 12.4 Å². The summed E-state index contributed by atoms with van der Waals surface area (Å²) in [6, 6.07) is 1.91. The third kappa shape index (κ3) is 0.819. The van der Waals surface area contributed by atoms with E-state index >= 15 is 0 Å². The van der Waals surface area contributed by atoms with E-state index in [1.54, 1.807) is 0 Å². The van der Waals surface area contributed by atoms with Gasteiger partial charge in [0.1, 0.15) is 12.7 Å². The lowest BCUT2D eigenvalue weighted by Gasteiger charge is -1.82. The first-order valence-corrected chi connectivity index (χ1v) is 2.06. The number of aromatic nitrogens is 3. The molecule has 8 heavy (non-hydrogen) atoms. The van der Waals surface area contributed by atoms with Crippen LogP contribution in [-0.4, -0.2) is 15.0 Å². The summed E-state index contributed by atoms with van der Waals surface area (Å²) in [6.07, 6.45) is 3.98. The van der Waals surface area contributed by atoms with Crippen molar-refractivity contribution in [3.8, 4) is 6.07 Å². The van der Waals surface area contributed by atoms with E-state index in [0.717, 1.165) is 0 Å². The summed E-state index contributed by atoms with van der Waals surface area (Å²) in [5.41, 5.74) is 0. The van der Waals surface area contributed by atoms with E-state index in [1.165, 1.54) is 10.9 Å². The van der Waals surface area contributed by atoms with Crippen LogP contribution >= 0.6 is 0 Å². The van der Waals surface area contributed by atoms with Crippen molar-refractivity contribution < 1.29 is 0 Å². The molecule has 0 aromatic carbocycles. The van der Waals surface area contributed by atoms with Crippen molar-refractivity contribution in [2.75, 3.05) is 0 Å². The Morgan fingerprint density at radius 1 is 1.88 bits per heavy atom. The molecule has 0 N–H and O–H groups in total. The van der Waals surface area contributed by atoms with Crippen LogP contribution in [0.4, 0.5) is 0 Å². The fraction of sp³-hybridized carbons (Fsp3) is 0.250. The Kier molecular flexibility index (Phi) is 1.24. The maximum absolute atomic E-state index is 8.09. The Hall–Kier alpha value is -1.37. The van der Waals surface area contributed by atoms with Crippen LogP contribution in [0.5, 0.6) is 0 Å². The minimum absolute atomic E-state index is 0.247. The summed E-state index contributed by atoms with van der Waals surface area (Å²) in [4.78, 5) is 0. The minimum Gasteiger partial charge on any atom is -0.238 e. The monoisotopic (exact) mass is 107 g/mol. The summed E-state index contributed by atoms with van der Waals surface area (Å²) in [5.74, 6) is 0. The molecule has 0 unspecified atom stereocenters. The molecule has 0 aliphatic heterocycles. The van der Waals surface area contributed by atoms with Crippen LogP contribution in [0.3, 0.4) is 0 Å². The number of nitrogens with zero attached hydrogens (tertiary/aromatic N) is 4. The van der Waals surface area contributed by atoms with Gasteiger partial charge in [-0.2, -0.15) is 5.26 Å². The van der Waals surface area contributed by atoms with Gasteiger partial charge < -0.3 is 0 Å². The van der Waals surface area contributed by atoms with Gasteiger partial charge in [-0.3, -0.25) is 0 Å². The van der Waals surface area contributed by atoms with Crippen molar-refractivity contribution in [1.82, 2.24) is 15.0 Å². The molecule has 4 heteroatoms. The van der Waals surface area contributed by atoms with Gasteiger partial charge in [0.2, 0.25) is 0 Å². The maximum Gasteiger partial charge on any atom is 0.135 e. The predicted octanol–water partition coefficient (Wildman–Crippen LogP) is -0.398. The first-order chi connectivity index (χ1) is 3.93. The second-order valence-corrected chi connectivity index (χ2v) is 1.20. The molecule has 0 spiro atoms. The second kappa shape index (κ2) is 2.07. The molecule has 0 saturated carbocycles. The lowest BCUT2D eigenvalue weighted by Crippen LogP contribution is -1.94. The van der Waals surface area contributed by atoms with Crippen LogP contribution in [0.1, 0.15) is 0 Å². The highest BCUT2D eigenvalue weighted by Gasteiger charge is 1.84. The first kappa shape index (κ1) is 4.78. The van der Waals surface area contributed by atoms with Crippen LogP contribution in [-0.2, 0) is 6.54 Å². The lowest BCUT2D eigenvalue weighted by atomic mass is 10.7. The molecule has 1 heterocycles. The van der Waals surface area contributed by atoms with Gasteiger partial charge in [-0.15, -0.1) is 5.10 Å². The zero-order valence-electron chi connectivity index (χ0n) is 4.07. The largest absolute Gasteiger partial charge is 0.238 e. The van der Waals surface area contributed by atoms with Crippen LogP contribution in [0, 0.1) is 17.5 Å². The number of rotatable bonds is 1. The van der Waals surface area contributed by atoms with Crippen molar-refractivity contribution >= 4 is 0 Å². The van der Waals surface area contributed by atoms with Gasteiger partial charge >= 0.3 is 0 Å². The Morgan fingerprint density at radius 3 is 3.25 bits per heavy atom. The molecule has 1 aromatic rings. The van der Waals surface area contributed by atoms with Crippen molar-refractivity contribution in [1.29, 1.82) is 5.26 Å². The summed E-state index contributed by atoms with van der Waals surface area (Å²) < 4.78 is 1.40. The molecular formula is C4H3N4. The molecule has 0 atom stereocenters. The molecule has 1 rings (SSSR count). The zero-order valence-corrected chi connectivity index (χ0v) is 4.07.